The van der Waals surface area contributed by atoms with Crippen molar-refractivity contribution in [3.63, 3.8) is 0 Å². The van der Waals surface area contributed by atoms with Crippen LogP contribution in [0, 0.1) is 5.92 Å². The molecule has 1 aliphatic rings. The minimum absolute atomic E-state index is 0.178. The van der Waals surface area contributed by atoms with E-state index in [0.717, 1.165) is 68.5 Å². The number of unbranched alkanes of at least 4 members (excludes halogenated alkanes) is 2. The van der Waals surface area contributed by atoms with Gasteiger partial charge in [0.25, 0.3) is 5.91 Å². The molecule has 2 amide bonds. The predicted molar refractivity (Wildman–Crippen MR) is 123 cm³/mol. The van der Waals surface area contributed by atoms with E-state index in [4.69, 9.17) is 9.40 Å². The third-order valence-electron chi connectivity index (χ3n) is 6.27. The van der Waals surface area contributed by atoms with Crippen LogP contribution in [0.4, 0.5) is 0 Å². The number of nitrogens with zero attached hydrogens (tertiary/aromatic N) is 3. The van der Waals surface area contributed by atoms with Crippen LogP contribution in [0.2, 0.25) is 0 Å². The molecular formula is C25H32N4O3. The zero-order chi connectivity index (χ0) is 22.3. The lowest BCUT2D eigenvalue weighted by atomic mass is 9.99. The van der Waals surface area contributed by atoms with Crippen LogP contribution in [-0.2, 0) is 17.8 Å². The molecule has 1 saturated heterocycles. The Hall–Kier alpha value is -3.09. The topological polar surface area (TPSA) is 80.4 Å². The first-order valence-electron chi connectivity index (χ1n) is 11.7. The molecule has 3 aromatic rings. The molecule has 170 valence electrons. The van der Waals surface area contributed by atoms with E-state index >= 15 is 0 Å². The number of carbonyl (C=O) groups is 2. The second-order valence-corrected chi connectivity index (χ2v) is 8.71. The highest BCUT2D eigenvalue weighted by atomic mass is 16.3. The summed E-state index contributed by atoms with van der Waals surface area (Å²) in [4.78, 5) is 31.7. The van der Waals surface area contributed by atoms with Gasteiger partial charge in [0.15, 0.2) is 5.76 Å². The van der Waals surface area contributed by atoms with Gasteiger partial charge in [0, 0.05) is 26.1 Å². The van der Waals surface area contributed by atoms with Crippen molar-refractivity contribution in [1.82, 2.24) is 19.8 Å². The molecule has 0 spiro atoms. The fraction of sp³-hybridized carbons (Fsp3) is 0.480. The van der Waals surface area contributed by atoms with Crippen molar-refractivity contribution in [2.24, 2.45) is 5.92 Å². The largest absolute Gasteiger partial charge is 0.459 e. The van der Waals surface area contributed by atoms with Gasteiger partial charge in [0.1, 0.15) is 12.4 Å². The SMILES string of the molecule is CC1CCN(C(=O)Cn2c(CCCCCNC(=O)c3ccco3)nc3ccccc32)CC1. The van der Waals surface area contributed by atoms with Crippen molar-refractivity contribution < 1.29 is 14.0 Å². The summed E-state index contributed by atoms with van der Waals surface area (Å²) in [6, 6.07) is 11.4. The maximum atomic E-state index is 13.0. The molecule has 1 aromatic carbocycles. The maximum absolute atomic E-state index is 13.0. The standard InChI is InChI=1S/C25H32N4O3/c1-19-12-15-28(16-13-19)24(30)18-29-21-9-5-4-8-20(21)27-23(29)11-3-2-6-14-26-25(31)22-10-7-17-32-22/h4-5,7-10,17,19H,2-3,6,11-16,18H2,1H3,(H,26,31). The molecule has 0 atom stereocenters. The molecular weight excluding hydrogens is 404 g/mol. The van der Waals surface area contributed by atoms with Gasteiger partial charge >= 0.3 is 0 Å². The van der Waals surface area contributed by atoms with Crippen molar-refractivity contribution >= 4 is 22.8 Å². The fourth-order valence-corrected chi connectivity index (χ4v) is 4.27. The number of nitrogens with one attached hydrogen (secondary N) is 1. The van der Waals surface area contributed by atoms with Crippen LogP contribution >= 0.6 is 0 Å². The van der Waals surface area contributed by atoms with Crippen molar-refractivity contribution in [2.75, 3.05) is 19.6 Å². The van der Waals surface area contributed by atoms with E-state index in [-0.39, 0.29) is 11.8 Å². The Morgan fingerprint density at radius 2 is 1.91 bits per heavy atom. The fourth-order valence-electron chi connectivity index (χ4n) is 4.27. The number of carbonyl (C=O) groups excluding carboxylic acids is 2. The van der Waals surface area contributed by atoms with Crippen LogP contribution in [0.5, 0.6) is 0 Å². The van der Waals surface area contributed by atoms with Gasteiger partial charge in [-0.15, -0.1) is 0 Å². The number of rotatable bonds is 9. The number of furan rings is 1. The molecule has 2 aromatic heterocycles. The van der Waals surface area contributed by atoms with Crippen LogP contribution in [0.25, 0.3) is 11.0 Å². The lowest BCUT2D eigenvalue weighted by Crippen LogP contribution is -2.39. The number of hydrogen-bond acceptors (Lipinski definition) is 4. The van der Waals surface area contributed by atoms with Crippen molar-refractivity contribution in [2.45, 2.75) is 52.0 Å². The van der Waals surface area contributed by atoms with Gasteiger partial charge in [0.05, 0.1) is 17.3 Å². The van der Waals surface area contributed by atoms with E-state index < -0.39 is 0 Å². The first-order valence-corrected chi connectivity index (χ1v) is 11.7. The molecule has 1 N–H and O–H groups in total. The van der Waals surface area contributed by atoms with Gasteiger partial charge in [0.2, 0.25) is 5.91 Å². The highest BCUT2D eigenvalue weighted by molar-refractivity contribution is 5.91. The number of aromatic nitrogens is 2. The van der Waals surface area contributed by atoms with Crippen LogP contribution in [0.15, 0.2) is 47.1 Å². The van der Waals surface area contributed by atoms with E-state index in [0.29, 0.717) is 24.8 Å². The van der Waals surface area contributed by atoms with E-state index in [2.05, 4.69) is 16.8 Å². The number of fused-ring (bicyclic) bond motifs is 1. The monoisotopic (exact) mass is 436 g/mol. The van der Waals surface area contributed by atoms with Crippen molar-refractivity contribution in [3.8, 4) is 0 Å². The highest BCUT2D eigenvalue weighted by Crippen LogP contribution is 2.20. The second kappa shape index (κ2) is 10.5. The van der Waals surface area contributed by atoms with E-state index in [1.165, 1.54) is 6.26 Å². The molecule has 0 unspecified atom stereocenters. The molecule has 0 saturated carbocycles. The minimum atomic E-state index is -0.178. The summed E-state index contributed by atoms with van der Waals surface area (Å²) < 4.78 is 7.19. The average Bonchev–Trinajstić information content (AvgIpc) is 3.45. The molecule has 32 heavy (non-hydrogen) atoms. The van der Waals surface area contributed by atoms with E-state index in [9.17, 15) is 9.59 Å². The molecule has 7 heteroatoms. The minimum Gasteiger partial charge on any atom is -0.459 e. The van der Waals surface area contributed by atoms with Gasteiger partial charge in [-0.05, 0) is 55.9 Å². The molecule has 1 fully saturated rings. The number of amides is 2. The number of imidazole rings is 1. The summed E-state index contributed by atoms with van der Waals surface area (Å²) in [6.07, 6.45) is 7.29. The number of para-hydroxylation sites is 2. The Bertz CT molecular complexity index is 1030. The highest BCUT2D eigenvalue weighted by Gasteiger charge is 2.22. The molecule has 1 aliphatic heterocycles. The molecule has 4 rings (SSSR count). The zero-order valence-corrected chi connectivity index (χ0v) is 18.8. The number of hydrogen-bond donors (Lipinski definition) is 1. The lowest BCUT2D eigenvalue weighted by Gasteiger charge is -2.30. The van der Waals surface area contributed by atoms with E-state index in [1.54, 1.807) is 12.1 Å². The van der Waals surface area contributed by atoms with Crippen molar-refractivity contribution in [1.29, 1.82) is 0 Å². The predicted octanol–water partition coefficient (Wildman–Crippen LogP) is 4.03. The third-order valence-corrected chi connectivity index (χ3v) is 6.27. The Labute approximate surface area is 188 Å². The van der Waals surface area contributed by atoms with Gasteiger partial charge < -0.3 is 19.2 Å². The quantitative estimate of drug-likeness (QED) is 0.514. The summed E-state index contributed by atoms with van der Waals surface area (Å²) >= 11 is 0. The maximum Gasteiger partial charge on any atom is 0.286 e. The smallest absolute Gasteiger partial charge is 0.286 e. The molecule has 3 heterocycles. The van der Waals surface area contributed by atoms with Gasteiger partial charge in [-0.2, -0.15) is 0 Å². The lowest BCUT2D eigenvalue weighted by molar-refractivity contribution is -0.133. The summed E-state index contributed by atoms with van der Waals surface area (Å²) in [5.74, 6) is 2.01. The van der Waals surface area contributed by atoms with Gasteiger partial charge in [-0.1, -0.05) is 25.5 Å². The first-order chi connectivity index (χ1) is 15.6. The number of likely N-dealkylation sites (tertiary alicyclic amines) is 1. The molecule has 7 nitrogen and oxygen atoms in total. The zero-order valence-electron chi connectivity index (χ0n) is 18.8. The summed E-state index contributed by atoms with van der Waals surface area (Å²) in [7, 11) is 0. The van der Waals surface area contributed by atoms with E-state index in [1.807, 2.05) is 29.2 Å². The summed E-state index contributed by atoms with van der Waals surface area (Å²) in [5.41, 5.74) is 1.96. The Kier molecular flexibility index (Phi) is 7.24. The number of piperidine rings is 1. The Balaban J connectivity index is 1.31. The molecule has 0 bridgehead atoms. The Morgan fingerprint density at radius 1 is 1.09 bits per heavy atom. The number of benzene rings is 1. The average molecular weight is 437 g/mol. The first kappa shape index (κ1) is 22.1. The third kappa shape index (κ3) is 5.39. The normalized spacial score (nSPS) is 14.7. The van der Waals surface area contributed by atoms with Gasteiger partial charge in [-0.25, -0.2) is 4.98 Å². The number of aryl methyl sites for hydroxylation is 1. The van der Waals surface area contributed by atoms with Crippen LogP contribution in [0.1, 0.15) is 55.4 Å². The molecule has 0 aliphatic carbocycles. The van der Waals surface area contributed by atoms with Crippen molar-refractivity contribution in [3.05, 3.63) is 54.2 Å². The summed E-state index contributed by atoms with van der Waals surface area (Å²) in [5, 5.41) is 2.88. The van der Waals surface area contributed by atoms with Crippen LogP contribution < -0.4 is 5.32 Å². The van der Waals surface area contributed by atoms with Crippen LogP contribution in [-0.4, -0.2) is 45.9 Å². The van der Waals surface area contributed by atoms with Crippen LogP contribution in [0.3, 0.4) is 0 Å². The second-order valence-electron chi connectivity index (χ2n) is 8.71. The van der Waals surface area contributed by atoms with Gasteiger partial charge in [-0.3, -0.25) is 9.59 Å². The molecule has 0 radical (unpaired) electrons. The Morgan fingerprint density at radius 3 is 2.69 bits per heavy atom. The summed E-state index contributed by atoms with van der Waals surface area (Å²) in [6.45, 7) is 4.92.